The van der Waals surface area contributed by atoms with Gasteiger partial charge in [0.1, 0.15) is 0 Å². The zero-order valence-corrected chi connectivity index (χ0v) is 12.3. The number of ether oxygens (including phenoxy) is 2. The van der Waals surface area contributed by atoms with E-state index < -0.39 is 49.2 Å². The number of rotatable bonds is 7. The third-order valence-electron chi connectivity index (χ3n) is 3.51. The molecule has 25 heavy (non-hydrogen) atoms. The minimum absolute atomic E-state index is 0.243. The third-order valence-corrected chi connectivity index (χ3v) is 3.51. The third kappa shape index (κ3) is 4.12. The fraction of sp³-hybridized carbons (Fsp3) is 1.00. The molecule has 2 nitrogen and oxygen atoms in total. The second-order valence-corrected chi connectivity index (χ2v) is 5.36. The van der Waals surface area contributed by atoms with Gasteiger partial charge in [-0.3, -0.25) is 0 Å². The predicted octanol–water partition coefficient (Wildman–Crippen LogP) is 5.02. The van der Waals surface area contributed by atoms with E-state index >= 15 is 0 Å². The second-order valence-electron chi connectivity index (χ2n) is 5.36. The van der Waals surface area contributed by atoms with E-state index in [9.17, 15) is 48.3 Å². The van der Waals surface area contributed by atoms with Crippen molar-refractivity contribution in [3.63, 3.8) is 0 Å². The van der Waals surface area contributed by atoms with Crippen molar-refractivity contribution in [2.45, 2.75) is 61.8 Å². The summed E-state index contributed by atoms with van der Waals surface area (Å²) in [7, 11) is 0. The van der Waals surface area contributed by atoms with Gasteiger partial charge in [-0.05, 0) is 25.7 Å². The van der Waals surface area contributed by atoms with Crippen molar-refractivity contribution in [2.24, 2.45) is 0 Å². The van der Waals surface area contributed by atoms with Crippen LogP contribution in [0.2, 0.25) is 0 Å². The Morgan fingerprint density at radius 3 is 1.76 bits per heavy atom. The van der Waals surface area contributed by atoms with Crippen molar-refractivity contribution in [2.75, 3.05) is 13.2 Å². The summed E-state index contributed by atoms with van der Waals surface area (Å²) in [5, 5.41) is 0. The van der Waals surface area contributed by atoms with Gasteiger partial charge in [-0.2, -0.15) is 48.3 Å². The van der Waals surface area contributed by atoms with Gasteiger partial charge >= 0.3 is 30.1 Å². The summed E-state index contributed by atoms with van der Waals surface area (Å²) in [4.78, 5) is 0. The van der Waals surface area contributed by atoms with Crippen molar-refractivity contribution in [1.82, 2.24) is 0 Å². The van der Waals surface area contributed by atoms with Crippen LogP contribution in [0.4, 0.5) is 48.3 Å². The fourth-order valence-corrected chi connectivity index (χ4v) is 2.00. The van der Waals surface area contributed by atoms with Crippen LogP contribution in [0.15, 0.2) is 0 Å². The molecule has 1 aliphatic heterocycles. The van der Waals surface area contributed by atoms with E-state index in [0.717, 1.165) is 0 Å². The maximum Gasteiger partial charge on any atom is 0.460 e. The molecule has 0 amide bonds. The highest BCUT2D eigenvalue weighted by Crippen LogP contribution is 2.57. The number of alkyl halides is 11. The molecule has 1 unspecified atom stereocenters. The summed E-state index contributed by atoms with van der Waals surface area (Å²) in [6.45, 7) is -1.06. The number of halogens is 11. The van der Waals surface area contributed by atoms with E-state index in [1.807, 2.05) is 0 Å². The van der Waals surface area contributed by atoms with E-state index in [0.29, 0.717) is 19.3 Å². The van der Waals surface area contributed by atoms with Gasteiger partial charge < -0.3 is 9.47 Å². The summed E-state index contributed by atoms with van der Waals surface area (Å²) < 4.78 is 148. The molecule has 0 aromatic rings. The van der Waals surface area contributed by atoms with Crippen molar-refractivity contribution >= 4 is 0 Å². The molecule has 0 saturated carbocycles. The number of hydrogen-bond acceptors (Lipinski definition) is 2. The van der Waals surface area contributed by atoms with Crippen LogP contribution in [-0.2, 0) is 9.47 Å². The summed E-state index contributed by atoms with van der Waals surface area (Å²) in [5.41, 5.74) is 0. The average Bonchev–Trinajstić information content (AvgIpc) is 2.46. The standard InChI is InChI=1S/C12H13F11O2/c13-8(14,9(15,16)11(19,20)21)10(17,18)12(22,23)25-6-4-7-3-1-2-5-24-7/h7H,1-6H2. The van der Waals surface area contributed by atoms with Gasteiger partial charge in [-0.1, -0.05) is 0 Å². The zero-order valence-electron chi connectivity index (χ0n) is 12.3. The Morgan fingerprint density at radius 2 is 1.32 bits per heavy atom. The van der Waals surface area contributed by atoms with E-state index in [2.05, 4.69) is 4.74 Å². The quantitative estimate of drug-likeness (QED) is 0.561. The van der Waals surface area contributed by atoms with Crippen molar-refractivity contribution in [3.8, 4) is 0 Å². The first-order valence-electron chi connectivity index (χ1n) is 6.91. The summed E-state index contributed by atoms with van der Waals surface area (Å²) >= 11 is 0. The lowest BCUT2D eigenvalue weighted by molar-refractivity contribution is -0.456. The molecule has 0 aromatic heterocycles. The van der Waals surface area contributed by atoms with Crippen LogP contribution >= 0.6 is 0 Å². The summed E-state index contributed by atoms with van der Waals surface area (Å²) in [5.74, 6) is -22.0. The normalized spacial score (nSPS) is 21.5. The van der Waals surface area contributed by atoms with Crippen molar-refractivity contribution in [1.29, 1.82) is 0 Å². The lowest BCUT2D eigenvalue weighted by atomic mass is 10.0. The molecule has 0 radical (unpaired) electrons. The molecule has 0 bridgehead atoms. The van der Waals surface area contributed by atoms with E-state index in [4.69, 9.17) is 4.74 Å². The van der Waals surface area contributed by atoms with Crippen molar-refractivity contribution in [3.05, 3.63) is 0 Å². The fourth-order valence-electron chi connectivity index (χ4n) is 2.00. The lowest BCUT2D eigenvalue weighted by Crippen LogP contribution is -2.67. The Kier molecular flexibility index (Phi) is 6.25. The summed E-state index contributed by atoms with van der Waals surface area (Å²) in [6.07, 6.45) is -13.0. The van der Waals surface area contributed by atoms with Gasteiger partial charge in [0.25, 0.3) is 0 Å². The van der Waals surface area contributed by atoms with E-state index in [-0.39, 0.29) is 6.61 Å². The van der Waals surface area contributed by atoms with E-state index in [1.54, 1.807) is 0 Å². The molecule has 1 rings (SSSR count). The maximum atomic E-state index is 13.2. The first-order valence-corrected chi connectivity index (χ1v) is 6.91. The van der Waals surface area contributed by atoms with Gasteiger partial charge in [0.15, 0.2) is 0 Å². The Hall–Kier alpha value is -0.850. The van der Waals surface area contributed by atoms with Gasteiger partial charge in [0, 0.05) is 6.61 Å². The number of hydrogen-bond donors (Lipinski definition) is 0. The molecule has 1 heterocycles. The van der Waals surface area contributed by atoms with E-state index in [1.165, 1.54) is 0 Å². The molecule has 0 aliphatic carbocycles. The lowest BCUT2D eigenvalue weighted by Gasteiger charge is -2.36. The molecule has 0 N–H and O–H groups in total. The smallest absolute Gasteiger partial charge is 0.378 e. The second kappa shape index (κ2) is 7.05. The van der Waals surface area contributed by atoms with Crippen LogP contribution in [-0.4, -0.2) is 49.4 Å². The summed E-state index contributed by atoms with van der Waals surface area (Å²) in [6, 6.07) is 0. The molecule has 150 valence electrons. The highest BCUT2D eigenvalue weighted by molar-refractivity contribution is 5.03. The van der Waals surface area contributed by atoms with Gasteiger partial charge in [-0.25, -0.2) is 0 Å². The van der Waals surface area contributed by atoms with Gasteiger partial charge in [0.2, 0.25) is 0 Å². The monoisotopic (exact) mass is 398 g/mol. The highest BCUT2D eigenvalue weighted by atomic mass is 19.4. The molecular formula is C12H13F11O2. The predicted molar refractivity (Wildman–Crippen MR) is 60.0 cm³/mol. The molecule has 1 fully saturated rings. The van der Waals surface area contributed by atoms with Crippen LogP contribution in [0.3, 0.4) is 0 Å². The molecule has 0 aromatic carbocycles. The SMILES string of the molecule is FC(F)(F)C(F)(F)C(F)(F)C(F)(F)C(F)(F)OCCC1CCCCO1. The Labute approximate surface area is 134 Å². The van der Waals surface area contributed by atoms with Crippen molar-refractivity contribution < 1.29 is 57.8 Å². The first kappa shape index (κ1) is 22.2. The van der Waals surface area contributed by atoms with Crippen LogP contribution in [0, 0.1) is 0 Å². The Morgan fingerprint density at radius 1 is 0.760 bits per heavy atom. The first-order chi connectivity index (χ1) is 11.1. The Bertz CT molecular complexity index is 441. The average molecular weight is 398 g/mol. The van der Waals surface area contributed by atoms with Crippen LogP contribution in [0.25, 0.3) is 0 Å². The largest absolute Gasteiger partial charge is 0.460 e. The molecule has 1 saturated heterocycles. The molecule has 1 atom stereocenters. The van der Waals surface area contributed by atoms with Crippen LogP contribution in [0.5, 0.6) is 0 Å². The van der Waals surface area contributed by atoms with Crippen LogP contribution in [0.1, 0.15) is 25.7 Å². The van der Waals surface area contributed by atoms with Gasteiger partial charge in [-0.15, -0.1) is 0 Å². The molecule has 1 aliphatic rings. The molecular weight excluding hydrogens is 385 g/mol. The highest BCUT2D eigenvalue weighted by Gasteiger charge is 2.87. The molecule has 13 heteroatoms. The minimum atomic E-state index is -7.44. The topological polar surface area (TPSA) is 18.5 Å². The minimum Gasteiger partial charge on any atom is -0.378 e. The molecule has 0 spiro atoms. The van der Waals surface area contributed by atoms with Crippen LogP contribution < -0.4 is 0 Å². The van der Waals surface area contributed by atoms with Gasteiger partial charge in [0.05, 0.1) is 12.7 Å². The zero-order chi connectivity index (χ0) is 19.7. The Balaban J connectivity index is 2.85. The maximum absolute atomic E-state index is 13.2.